The molecule has 0 aliphatic heterocycles. The predicted molar refractivity (Wildman–Crippen MR) is 156 cm³/mol. The van der Waals surface area contributed by atoms with E-state index in [9.17, 15) is 4.79 Å². The van der Waals surface area contributed by atoms with Crippen LogP contribution < -0.4 is 10.6 Å². The van der Waals surface area contributed by atoms with E-state index in [2.05, 4.69) is 37.9 Å². The lowest BCUT2D eigenvalue weighted by molar-refractivity contribution is -0.148. The van der Waals surface area contributed by atoms with Crippen molar-refractivity contribution in [3.63, 3.8) is 0 Å². The summed E-state index contributed by atoms with van der Waals surface area (Å²) < 4.78 is 5.87. The molecule has 40 heavy (non-hydrogen) atoms. The summed E-state index contributed by atoms with van der Waals surface area (Å²) in [4.78, 5) is 28.5. The number of nitrogens with zero attached hydrogens (tertiary/aromatic N) is 4. The minimum atomic E-state index is -0.858. The van der Waals surface area contributed by atoms with Gasteiger partial charge in [0.15, 0.2) is 5.82 Å². The van der Waals surface area contributed by atoms with Gasteiger partial charge < -0.3 is 15.4 Å². The maximum Gasteiger partial charge on any atom is 0.252 e. The van der Waals surface area contributed by atoms with Crippen LogP contribution >= 0.6 is 11.3 Å². The largest absolute Gasteiger partial charge is 0.368 e. The molecule has 3 N–H and O–H groups in total. The summed E-state index contributed by atoms with van der Waals surface area (Å²) in [5.74, 6) is 2.27. The van der Waals surface area contributed by atoms with E-state index in [4.69, 9.17) is 14.7 Å². The van der Waals surface area contributed by atoms with Crippen molar-refractivity contribution in [2.75, 3.05) is 12.4 Å². The Labute approximate surface area is 236 Å². The number of benzene rings is 2. The molecule has 0 spiro atoms. The smallest absolute Gasteiger partial charge is 0.252 e. The average Bonchev–Trinajstić information content (AvgIpc) is 3.68. The van der Waals surface area contributed by atoms with Crippen LogP contribution in [0.15, 0.2) is 66.3 Å². The number of thiazole rings is 1. The van der Waals surface area contributed by atoms with Crippen LogP contribution in [0.3, 0.4) is 0 Å². The second-order valence-corrected chi connectivity index (χ2v) is 11.1. The number of para-hydroxylation sites is 1. The van der Waals surface area contributed by atoms with E-state index in [-0.39, 0.29) is 11.8 Å². The number of hydrogen-bond donors (Lipinski definition) is 3. The number of methoxy groups -OCH3 is 1. The summed E-state index contributed by atoms with van der Waals surface area (Å²) in [5.41, 5.74) is 4.98. The first kappa shape index (κ1) is 26.1. The van der Waals surface area contributed by atoms with Gasteiger partial charge in [-0.3, -0.25) is 14.9 Å². The van der Waals surface area contributed by atoms with Crippen LogP contribution in [0.4, 0.5) is 11.6 Å². The SMILES string of the molecule is COC1(C(=O)NCc2ccc(-c3cncs3)cc2)CCC(c2nc(Nc3cc(C)[nH]n3)c3ccccc3n2)CC1. The van der Waals surface area contributed by atoms with Crippen molar-refractivity contribution in [3.05, 3.63) is 83.4 Å². The zero-order valence-corrected chi connectivity index (χ0v) is 23.3. The van der Waals surface area contributed by atoms with Crippen molar-refractivity contribution in [2.45, 2.75) is 50.7 Å². The lowest BCUT2D eigenvalue weighted by Gasteiger charge is -2.37. The number of fused-ring (bicyclic) bond motifs is 1. The number of aromatic nitrogens is 5. The van der Waals surface area contributed by atoms with Gasteiger partial charge in [0.25, 0.3) is 5.91 Å². The van der Waals surface area contributed by atoms with E-state index < -0.39 is 5.60 Å². The van der Waals surface area contributed by atoms with E-state index >= 15 is 0 Å². The molecule has 3 heterocycles. The van der Waals surface area contributed by atoms with Crippen LogP contribution in [0, 0.1) is 6.92 Å². The molecule has 1 amide bonds. The number of aryl methyl sites for hydroxylation is 1. The zero-order valence-electron chi connectivity index (χ0n) is 22.5. The first-order valence-corrected chi connectivity index (χ1v) is 14.3. The van der Waals surface area contributed by atoms with Gasteiger partial charge in [-0.15, -0.1) is 11.3 Å². The molecule has 9 nitrogen and oxygen atoms in total. The molecule has 3 aromatic heterocycles. The highest BCUT2D eigenvalue weighted by molar-refractivity contribution is 7.13. The number of nitrogens with one attached hydrogen (secondary N) is 3. The van der Waals surface area contributed by atoms with E-state index in [1.807, 2.05) is 61.1 Å². The van der Waals surface area contributed by atoms with E-state index in [1.165, 1.54) is 0 Å². The molecule has 0 saturated heterocycles. The summed E-state index contributed by atoms with van der Waals surface area (Å²) in [6.07, 6.45) is 4.57. The molecule has 204 valence electrons. The molecule has 2 aromatic carbocycles. The monoisotopic (exact) mass is 553 g/mol. The highest BCUT2D eigenvalue weighted by Crippen LogP contribution is 2.40. The van der Waals surface area contributed by atoms with Crippen molar-refractivity contribution in [1.82, 2.24) is 30.5 Å². The normalized spacial score (nSPS) is 19.0. The van der Waals surface area contributed by atoms with Crippen molar-refractivity contribution in [3.8, 4) is 10.4 Å². The highest BCUT2D eigenvalue weighted by atomic mass is 32.1. The topological polar surface area (TPSA) is 118 Å². The molecule has 1 fully saturated rings. The Bertz CT molecular complexity index is 1610. The second kappa shape index (κ2) is 11.1. The Hall–Kier alpha value is -4.15. The van der Waals surface area contributed by atoms with E-state index in [0.29, 0.717) is 25.2 Å². The average molecular weight is 554 g/mol. The van der Waals surface area contributed by atoms with Crippen LogP contribution in [0.5, 0.6) is 0 Å². The number of hydrogen-bond acceptors (Lipinski definition) is 8. The van der Waals surface area contributed by atoms with Gasteiger partial charge in [-0.1, -0.05) is 36.4 Å². The number of rotatable bonds is 8. The van der Waals surface area contributed by atoms with Crippen LogP contribution in [0.2, 0.25) is 0 Å². The molecule has 1 aliphatic rings. The Morgan fingerprint density at radius 3 is 2.62 bits per heavy atom. The van der Waals surface area contributed by atoms with Gasteiger partial charge in [-0.05, 0) is 55.9 Å². The quantitative estimate of drug-likeness (QED) is 0.219. The number of carbonyl (C=O) groups is 1. The zero-order chi connectivity index (χ0) is 27.5. The molecule has 1 saturated carbocycles. The molecule has 0 atom stereocenters. The Morgan fingerprint density at radius 2 is 1.93 bits per heavy atom. The summed E-state index contributed by atoms with van der Waals surface area (Å²) in [6.45, 7) is 2.41. The van der Waals surface area contributed by atoms with Gasteiger partial charge in [0.2, 0.25) is 0 Å². The van der Waals surface area contributed by atoms with Gasteiger partial charge in [0.1, 0.15) is 17.2 Å². The predicted octanol–water partition coefficient (Wildman–Crippen LogP) is 5.89. The first-order chi connectivity index (χ1) is 19.5. The maximum atomic E-state index is 13.4. The molecule has 10 heteroatoms. The molecule has 0 radical (unpaired) electrons. The van der Waals surface area contributed by atoms with Crippen molar-refractivity contribution in [1.29, 1.82) is 0 Å². The summed E-state index contributed by atoms with van der Waals surface area (Å²) >= 11 is 1.61. The van der Waals surface area contributed by atoms with Crippen LogP contribution in [0.1, 0.15) is 48.7 Å². The van der Waals surface area contributed by atoms with Crippen molar-refractivity contribution in [2.24, 2.45) is 0 Å². The fourth-order valence-electron chi connectivity index (χ4n) is 5.33. The number of anilines is 2. The Morgan fingerprint density at radius 1 is 1.12 bits per heavy atom. The molecular weight excluding hydrogens is 522 g/mol. The minimum absolute atomic E-state index is 0.0735. The number of H-pyrrole nitrogens is 1. The summed E-state index contributed by atoms with van der Waals surface area (Å²) in [5, 5.41) is 14.7. The van der Waals surface area contributed by atoms with E-state index in [1.54, 1.807) is 18.4 Å². The van der Waals surface area contributed by atoms with Gasteiger partial charge in [-0.25, -0.2) is 9.97 Å². The number of carbonyl (C=O) groups excluding carboxylic acids is 1. The van der Waals surface area contributed by atoms with Gasteiger partial charge >= 0.3 is 0 Å². The number of amides is 1. The maximum absolute atomic E-state index is 13.4. The fourth-order valence-corrected chi connectivity index (χ4v) is 5.96. The second-order valence-electron chi connectivity index (χ2n) is 10.2. The van der Waals surface area contributed by atoms with Crippen LogP contribution in [-0.2, 0) is 16.1 Å². The Balaban J connectivity index is 1.13. The molecular formula is C30H31N7O2S. The summed E-state index contributed by atoms with van der Waals surface area (Å²) in [7, 11) is 1.63. The number of ether oxygens (including phenoxy) is 1. The minimum Gasteiger partial charge on any atom is -0.368 e. The summed E-state index contributed by atoms with van der Waals surface area (Å²) in [6, 6.07) is 18.1. The molecule has 6 rings (SSSR count). The van der Waals surface area contributed by atoms with Crippen molar-refractivity contribution >= 4 is 39.8 Å². The lowest BCUT2D eigenvalue weighted by atomic mass is 9.77. The molecule has 0 unspecified atom stereocenters. The number of aromatic amines is 1. The van der Waals surface area contributed by atoms with Crippen molar-refractivity contribution < 1.29 is 9.53 Å². The molecule has 1 aliphatic carbocycles. The standard InChI is InChI=1S/C30H31N7O2S/c1-19-15-26(37-36-19)34-28-23-5-3-4-6-24(23)33-27(35-28)22-11-13-30(39-2,14-12-22)29(38)32-16-20-7-9-21(10-8-20)25-17-31-18-40-25/h3-10,15,17-18,22H,11-14,16H2,1-2H3,(H,32,38)(H2,33,34,35,36,37). The van der Waals surface area contributed by atoms with Crippen LogP contribution in [0.25, 0.3) is 21.3 Å². The molecule has 0 bridgehead atoms. The fraction of sp³-hybridized carbons (Fsp3) is 0.300. The van der Waals surface area contributed by atoms with Gasteiger partial charge in [0.05, 0.1) is 15.9 Å². The lowest BCUT2D eigenvalue weighted by Crippen LogP contribution is -2.50. The Kier molecular flexibility index (Phi) is 7.27. The third-order valence-electron chi connectivity index (χ3n) is 7.66. The third-order valence-corrected chi connectivity index (χ3v) is 8.48. The van der Waals surface area contributed by atoms with Gasteiger partial charge in [0, 0.05) is 42.9 Å². The highest BCUT2D eigenvalue weighted by Gasteiger charge is 2.43. The third kappa shape index (κ3) is 5.32. The van der Waals surface area contributed by atoms with Crippen LogP contribution in [-0.4, -0.2) is 43.8 Å². The molecule has 5 aromatic rings. The van der Waals surface area contributed by atoms with Gasteiger partial charge in [-0.2, -0.15) is 5.10 Å². The van der Waals surface area contributed by atoms with E-state index in [0.717, 1.165) is 57.1 Å². The first-order valence-electron chi connectivity index (χ1n) is 13.4.